The Hall–Kier alpha value is -5.76. The summed E-state index contributed by atoms with van der Waals surface area (Å²) in [4.78, 5) is 26.2. The van der Waals surface area contributed by atoms with Gasteiger partial charge < -0.3 is 25.6 Å². The number of anilines is 3. The van der Waals surface area contributed by atoms with E-state index in [1.807, 2.05) is 36.4 Å². The molecule has 5 aromatic carbocycles. The molecule has 8 nitrogen and oxygen atoms in total. The number of hydrogen-bond donors (Lipinski definition) is 4. The van der Waals surface area contributed by atoms with Crippen LogP contribution in [0, 0.1) is 0 Å². The van der Waals surface area contributed by atoms with Gasteiger partial charge in [0.25, 0.3) is 0 Å². The van der Waals surface area contributed by atoms with Gasteiger partial charge in [-0.2, -0.15) is 0 Å². The SMILES string of the molecule is Nc1ccccc1NC(=O)/C=C/[C@H](Oc1ccccc1)[C@@H](OC(=O)Nc1ccccc1)c1ccc(O)c2ccccc12. The number of para-hydroxylation sites is 4. The third kappa shape index (κ3) is 6.86. The van der Waals surface area contributed by atoms with Gasteiger partial charge >= 0.3 is 6.09 Å². The number of amides is 2. The normalized spacial score (nSPS) is 12.4. The van der Waals surface area contributed by atoms with Gasteiger partial charge in [0.05, 0.1) is 11.4 Å². The van der Waals surface area contributed by atoms with Crippen LogP contribution in [0.3, 0.4) is 0 Å². The van der Waals surface area contributed by atoms with Crippen molar-refractivity contribution in [3.8, 4) is 11.5 Å². The molecule has 0 aliphatic rings. The lowest BCUT2D eigenvalue weighted by Gasteiger charge is -2.27. The van der Waals surface area contributed by atoms with Crippen molar-refractivity contribution in [1.82, 2.24) is 0 Å². The molecule has 5 aromatic rings. The summed E-state index contributed by atoms with van der Waals surface area (Å²) in [6, 6.07) is 35.3. The number of rotatable bonds is 9. The van der Waals surface area contributed by atoms with Crippen molar-refractivity contribution in [3.63, 3.8) is 0 Å². The third-order valence-electron chi connectivity index (χ3n) is 6.47. The fourth-order valence-electron chi connectivity index (χ4n) is 4.47. The van der Waals surface area contributed by atoms with Gasteiger partial charge in [-0.25, -0.2) is 4.79 Å². The Morgan fingerprint density at radius 2 is 1.38 bits per heavy atom. The zero-order chi connectivity index (χ0) is 29.3. The van der Waals surface area contributed by atoms with Crippen molar-refractivity contribution in [2.75, 3.05) is 16.4 Å². The molecule has 8 heteroatoms. The summed E-state index contributed by atoms with van der Waals surface area (Å²) in [6.45, 7) is 0. The molecule has 210 valence electrons. The van der Waals surface area contributed by atoms with Crippen molar-refractivity contribution in [1.29, 1.82) is 0 Å². The number of nitrogen functional groups attached to an aromatic ring is 1. The van der Waals surface area contributed by atoms with Crippen molar-refractivity contribution in [2.45, 2.75) is 12.2 Å². The second-order valence-electron chi connectivity index (χ2n) is 9.37. The Labute approximate surface area is 243 Å². The predicted molar refractivity (Wildman–Crippen MR) is 164 cm³/mol. The average molecular weight is 560 g/mol. The minimum absolute atomic E-state index is 0.0812. The molecule has 0 fully saturated rings. The molecular weight excluding hydrogens is 530 g/mol. The van der Waals surface area contributed by atoms with Gasteiger partial charge in [-0.15, -0.1) is 0 Å². The molecule has 0 aliphatic carbocycles. The van der Waals surface area contributed by atoms with Crippen molar-refractivity contribution >= 4 is 39.8 Å². The Balaban J connectivity index is 1.54. The minimum Gasteiger partial charge on any atom is -0.507 e. The van der Waals surface area contributed by atoms with Crippen molar-refractivity contribution in [3.05, 3.63) is 139 Å². The van der Waals surface area contributed by atoms with Crippen LogP contribution >= 0.6 is 0 Å². The second kappa shape index (κ2) is 13.1. The van der Waals surface area contributed by atoms with E-state index in [1.165, 1.54) is 18.2 Å². The molecule has 42 heavy (non-hydrogen) atoms. The summed E-state index contributed by atoms with van der Waals surface area (Å²) in [5.41, 5.74) is 8.00. The van der Waals surface area contributed by atoms with Crippen LogP contribution in [0.15, 0.2) is 133 Å². The highest BCUT2D eigenvalue weighted by Gasteiger charge is 2.30. The first-order valence-corrected chi connectivity index (χ1v) is 13.3. The number of phenolic OH excluding ortho intramolecular Hbond substituents is 1. The molecule has 0 bridgehead atoms. The van der Waals surface area contributed by atoms with Gasteiger partial charge in [-0.3, -0.25) is 10.1 Å². The van der Waals surface area contributed by atoms with E-state index in [-0.39, 0.29) is 5.75 Å². The largest absolute Gasteiger partial charge is 0.507 e. The standard InChI is InChI=1S/C34H29N3O5/c35-28-17-9-10-18-29(28)37-32(39)22-21-31(41-24-13-5-2-6-14-24)33(42-34(40)36-23-11-3-1-4-12-23)27-19-20-30(38)26-16-8-7-15-25(26)27/h1-22,31,33,38H,35H2,(H,36,40)(H,37,39)/b22-21+/t31-,33-/m0/s1. The number of nitrogens with two attached hydrogens (primary N) is 1. The summed E-state index contributed by atoms with van der Waals surface area (Å²) >= 11 is 0. The van der Waals surface area contributed by atoms with Gasteiger partial charge in [0.1, 0.15) is 11.5 Å². The smallest absolute Gasteiger partial charge is 0.412 e. The van der Waals surface area contributed by atoms with Gasteiger partial charge in [0.2, 0.25) is 5.91 Å². The van der Waals surface area contributed by atoms with Crippen LogP contribution in [0.5, 0.6) is 11.5 Å². The molecule has 2 atom stereocenters. The Morgan fingerprint density at radius 1 is 0.738 bits per heavy atom. The van der Waals surface area contributed by atoms with Crippen LogP contribution < -0.4 is 21.1 Å². The Bertz CT molecular complexity index is 1710. The molecule has 0 aliphatic heterocycles. The summed E-state index contributed by atoms with van der Waals surface area (Å²) in [5, 5.41) is 17.3. The average Bonchev–Trinajstić information content (AvgIpc) is 3.01. The van der Waals surface area contributed by atoms with E-state index in [4.69, 9.17) is 15.2 Å². The van der Waals surface area contributed by atoms with E-state index in [0.717, 1.165) is 0 Å². The van der Waals surface area contributed by atoms with E-state index < -0.39 is 24.2 Å². The molecule has 0 saturated heterocycles. The monoisotopic (exact) mass is 559 g/mol. The van der Waals surface area contributed by atoms with Gasteiger partial charge in [0.15, 0.2) is 12.2 Å². The molecular formula is C34H29N3O5. The molecule has 2 amide bonds. The predicted octanol–water partition coefficient (Wildman–Crippen LogP) is 7.06. The number of carbonyl (C=O) groups excluding carboxylic acids is 2. The number of aromatic hydroxyl groups is 1. The quantitative estimate of drug-likeness (QED) is 0.113. The number of hydrogen-bond acceptors (Lipinski definition) is 6. The lowest BCUT2D eigenvalue weighted by atomic mass is 9.96. The number of phenols is 1. The number of fused-ring (bicyclic) bond motifs is 1. The first-order valence-electron chi connectivity index (χ1n) is 13.3. The lowest BCUT2D eigenvalue weighted by molar-refractivity contribution is -0.112. The zero-order valence-electron chi connectivity index (χ0n) is 22.5. The number of benzene rings is 5. The Morgan fingerprint density at radius 3 is 2.12 bits per heavy atom. The molecule has 0 radical (unpaired) electrons. The van der Waals surface area contributed by atoms with Crippen molar-refractivity contribution in [2.24, 2.45) is 0 Å². The Kier molecular flexibility index (Phi) is 8.64. The van der Waals surface area contributed by atoms with E-state index >= 15 is 0 Å². The number of ether oxygens (including phenoxy) is 2. The van der Waals surface area contributed by atoms with E-state index in [2.05, 4.69) is 10.6 Å². The summed E-state index contributed by atoms with van der Waals surface area (Å²) in [6.07, 6.45) is 0.128. The summed E-state index contributed by atoms with van der Waals surface area (Å²) in [5.74, 6) is 0.135. The fraction of sp³-hybridized carbons (Fsp3) is 0.0588. The zero-order valence-corrected chi connectivity index (χ0v) is 22.5. The van der Waals surface area contributed by atoms with Crippen LogP contribution in [-0.4, -0.2) is 23.2 Å². The molecule has 0 aromatic heterocycles. The highest BCUT2D eigenvalue weighted by atomic mass is 16.6. The number of nitrogens with one attached hydrogen (secondary N) is 2. The summed E-state index contributed by atoms with van der Waals surface area (Å²) < 4.78 is 12.4. The van der Waals surface area contributed by atoms with Crippen molar-refractivity contribution < 1.29 is 24.2 Å². The topological polar surface area (TPSA) is 123 Å². The highest BCUT2D eigenvalue weighted by molar-refractivity contribution is 6.01. The maximum Gasteiger partial charge on any atom is 0.412 e. The second-order valence-corrected chi connectivity index (χ2v) is 9.37. The fourth-order valence-corrected chi connectivity index (χ4v) is 4.47. The number of carbonyl (C=O) groups is 2. The van der Waals surface area contributed by atoms with E-state index in [0.29, 0.717) is 39.1 Å². The first-order chi connectivity index (χ1) is 20.5. The van der Waals surface area contributed by atoms with Crippen LogP contribution in [0.4, 0.5) is 21.9 Å². The first kappa shape index (κ1) is 27.8. The van der Waals surface area contributed by atoms with E-state index in [9.17, 15) is 14.7 Å². The van der Waals surface area contributed by atoms with Gasteiger partial charge in [-0.1, -0.05) is 78.9 Å². The third-order valence-corrected chi connectivity index (χ3v) is 6.47. The van der Waals surface area contributed by atoms with Crippen LogP contribution in [0.2, 0.25) is 0 Å². The van der Waals surface area contributed by atoms with Gasteiger partial charge in [-0.05, 0) is 53.9 Å². The molecule has 0 saturated carbocycles. The van der Waals surface area contributed by atoms with Crippen LogP contribution in [0.25, 0.3) is 10.8 Å². The minimum atomic E-state index is -1.04. The molecule has 0 spiro atoms. The lowest BCUT2D eigenvalue weighted by Crippen LogP contribution is -2.30. The van der Waals surface area contributed by atoms with Crippen LogP contribution in [0.1, 0.15) is 11.7 Å². The van der Waals surface area contributed by atoms with Gasteiger partial charge in [0, 0.05) is 22.7 Å². The molecule has 5 rings (SSSR count). The molecule has 0 unspecified atom stereocenters. The maximum absolute atomic E-state index is 13.2. The highest BCUT2D eigenvalue weighted by Crippen LogP contribution is 2.36. The molecule has 5 N–H and O–H groups in total. The maximum atomic E-state index is 13.2. The summed E-state index contributed by atoms with van der Waals surface area (Å²) in [7, 11) is 0. The van der Waals surface area contributed by atoms with E-state index in [1.54, 1.807) is 78.9 Å². The van der Waals surface area contributed by atoms with Crippen LogP contribution in [-0.2, 0) is 9.53 Å². The molecule has 0 heterocycles.